The molecule has 2 nitrogen and oxygen atoms in total. The number of benzene rings is 1. The van der Waals surface area contributed by atoms with Crippen LogP contribution in [0.2, 0.25) is 0 Å². The number of hydrogen-bond donors (Lipinski definition) is 2. The van der Waals surface area contributed by atoms with Crippen molar-refractivity contribution in [3.63, 3.8) is 0 Å². The predicted molar refractivity (Wildman–Crippen MR) is 85.9 cm³/mol. The maximum Gasteiger partial charge on any atom is 0.0547 e. The van der Waals surface area contributed by atoms with Gasteiger partial charge in [-0.2, -0.15) is 11.8 Å². The SMILES string of the molecule is CNC(CSC(C)CO)c1ccc(C(C)(C)C)cc1. The summed E-state index contributed by atoms with van der Waals surface area (Å²) in [7, 11) is 1.99. The molecule has 0 amide bonds. The third kappa shape index (κ3) is 5.17. The number of thioether (sulfide) groups is 1. The summed E-state index contributed by atoms with van der Waals surface area (Å²) in [5, 5.41) is 12.7. The van der Waals surface area contributed by atoms with Gasteiger partial charge in [0.2, 0.25) is 0 Å². The van der Waals surface area contributed by atoms with Gasteiger partial charge in [-0.05, 0) is 23.6 Å². The van der Waals surface area contributed by atoms with E-state index in [1.165, 1.54) is 11.1 Å². The number of aliphatic hydroxyl groups excluding tert-OH is 1. The molecule has 19 heavy (non-hydrogen) atoms. The highest BCUT2D eigenvalue weighted by atomic mass is 32.2. The Balaban J connectivity index is 2.71. The van der Waals surface area contributed by atoms with Crippen LogP contribution in [0.3, 0.4) is 0 Å². The Labute approximate surface area is 122 Å². The lowest BCUT2D eigenvalue weighted by atomic mass is 9.86. The lowest BCUT2D eigenvalue weighted by Crippen LogP contribution is -2.21. The number of rotatable bonds is 6. The van der Waals surface area contributed by atoms with Gasteiger partial charge in [0.25, 0.3) is 0 Å². The summed E-state index contributed by atoms with van der Waals surface area (Å²) in [6.07, 6.45) is 0. The van der Waals surface area contributed by atoms with Crippen molar-refractivity contribution in [2.45, 2.75) is 44.4 Å². The van der Waals surface area contributed by atoms with Crippen LogP contribution in [-0.2, 0) is 5.41 Å². The van der Waals surface area contributed by atoms with Gasteiger partial charge < -0.3 is 10.4 Å². The molecule has 1 rings (SSSR count). The van der Waals surface area contributed by atoms with Crippen LogP contribution in [0.1, 0.15) is 44.9 Å². The molecule has 0 saturated carbocycles. The molecule has 0 aliphatic carbocycles. The Morgan fingerprint density at radius 1 is 1.21 bits per heavy atom. The second-order valence-corrected chi connectivity index (χ2v) is 7.51. The summed E-state index contributed by atoms with van der Waals surface area (Å²) < 4.78 is 0. The summed E-state index contributed by atoms with van der Waals surface area (Å²) in [6, 6.07) is 9.21. The molecule has 0 spiro atoms. The van der Waals surface area contributed by atoms with Crippen LogP contribution in [-0.4, -0.2) is 29.8 Å². The highest BCUT2D eigenvalue weighted by Gasteiger charge is 2.15. The Morgan fingerprint density at radius 2 is 1.79 bits per heavy atom. The Hall–Kier alpha value is -0.510. The van der Waals surface area contributed by atoms with Crippen LogP contribution in [0.25, 0.3) is 0 Å². The van der Waals surface area contributed by atoms with Gasteiger partial charge in [-0.3, -0.25) is 0 Å². The molecule has 0 saturated heterocycles. The Morgan fingerprint density at radius 3 is 2.21 bits per heavy atom. The van der Waals surface area contributed by atoms with E-state index in [-0.39, 0.29) is 12.0 Å². The predicted octanol–water partition coefficient (Wildman–Crippen LogP) is 3.36. The summed E-state index contributed by atoms with van der Waals surface area (Å²) in [6.45, 7) is 8.99. The van der Waals surface area contributed by atoms with Crippen molar-refractivity contribution < 1.29 is 5.11 Å². The van der Waals surface area contributed by atoms with E-state index >= 15 is 0 Å². The number of hydrogen-bond acceptors (Lipinski definition) is 3. The fourth-order valence-corrected chi connectivity index (χ4v) is 2.86. The van der Waals surface area contributed by atoms with E-state index in [2.05, 4.69) is 57.3 Å². The molecular weight excluding hydrogens is 254 g/mol. The molecular formula is C16H27NOS. The summed E-state index contributed by atoms with van der Waals surface area (Å²) >= 11 is 1.80. The quantitative estimate of drug-likeness (QED) is 0.838. The smallest absolute Gasteiger partial charge is 0.0547 e. The van der Waals surface area contributed by atoms with Crippen LogP contribution in [0.4, 0.5) is 0 Å². The Kier molecular flexibility index (Phi) is 6.37. The van der Waals surface area contributed by atoms with Crippen LogP contribution < -0.4 is 5.32 Å². The molecule has 0 aliphatic rings. The topological polar surface area (TPSA) is 32.3 Å². The molecule has 2 atom stereocenters. The standard InChI is InChI=1S/C16H27NOS/c1-12(10-18)19-11-15(17-5)13-6-8-14(9-7-13)16(2,3)4/h6-9,12,15,17-18H,10-11H2,1-5H3. The molecule has 1 aromatic rings. The van der Waals surface area contributed by atoms with Gasteiger partial charge in [0, 0.05) is 17.0 Å². The minimum atomic E-state index is 0.202. The van der Waals surface area contributed by atoms with Gasteiger partial charge in [0.05, 0.1) is 6.61 Å². The van der Waals surface area contributed by atoms with E-state index in [1.54, 1.807) is 11.8 Å². The van der Waals surface area contributed by atoms with E-state index in [9.17, 15) is 0 Å². The van der Waals surface area contributed by atoms with Crippen LogP contribution in [0.15, 0.2) is 24.3 Å². The van der Waals surface area contributed by atoms with Gasteiger partial charge in [0.1, 0.15) is 0 Å². The van der Waals surface area contributed by atoms with E-state index in [1.807, 2.05) is 7.05 Å². The maximum atomic E-state index is 9.08. The fraction of sp³-hybridized carbons (Fsp3) is 0.625. The fourth-order valence-electron chi connectivity index (χ4n) is 1.87. The zero-order chi connectivity index (χ0) is 14.5. The van der Waals surface area contributed by atoms with E-state index in [0.29, 0.717) is 11.3 Å². The van der Waals surface area contributed by atoms with E-state index in [0.717, 1.165) is 5.75 Å². The highest BCUT2D eigenvalue weighted by Crippen LogP contribution is 2.25. The van der Waals surface area contributed by atoms with Crippen molar-refractivity contribution in [3.05, 3.63) is 35.4 Å². The average molecular weight is 281 g/mol. The van der Waals surface area contributed by atoms with Gasteiger partial charge in [0.15, 0.2) is 0 Å². The van der Waals surface area contributed by atoms with E-state index in [4.69, 9.17) is 5.11 Å². The molecule has 0 radical (unpaired) electrons. The van der Waals surface area contributed by atoms with E-state index < -0.39 is 0 Å². The summed E-state index contributed by atoms with van der Waals surface area (Å²) in [5.41, 5.74) is 2.88. The first kappa shape index (κ1) is 16.5. The normalized spacial score (nSPS) is 15.3. The molecule has 108 valence electrons. The lowest BCUT2D eigenvalue weighted by molar-refractivity contribution is 0.300. The molecule has 1 aromatic carbocycles. The first-order valence-electron chi connectivity index (χ1n) is 6.88. The summed E-state index contributed by atoms with van der Waals surface area (Å²) in [5.74, 6) is 0.979. The minimum Gasteiger partial charge on any atom is -0.395 e. The zero-order valence-electron chi connectivity index (χ0n) is 12.7. The first-order valence-corrected chi connectivity index (χ1v) is 7.93. The van der Waals surface area contributed by atoms with Crippen molar-refractivity contribution in [1.82, 2.24) is 5.32 Å². The average Bonchev–Trinajstić information content (AvgIpc) is 2.38. The van der Waals surface area contributed by atoms with Crippen molar-refractivity contribution >= 4 is 11.8 Å². The lowest BCUT2D eigenvalue weighted by Gasteiger charge is -2.22. The minimum absolute atomic E-state index is 0.202. The third-order valence-electron chi connectivity index (χ3n) is 3.33. The molecule has 3 heteroatoms. The van der Waals surface area contributed by atoms with Crippen molar-refractivity contribution in [2.24, 2.45) is 0 Å². The molecule has 0 heterocycles. The zero-order valence-corrected chi connectivity index (χ0v) is 13.6. The maximum absolute atomic E-state index is 9.08. The van der Waals surface area contributed by atoms with Crippen LogP contribution in [0.5, 0.6) is 0 Å². The molecule has 0 aromatic heterocycles. The molecule has 0 aliphatic heterocycles. The molecule has 2 N–H and O–H groups in total. The van der Waals surface area contributed by atoms with Gasteiger partial charge in [-0.1, -0.05) is 52.0 Å². The van der Waals surface area contributed by atoms with Crippen LogP contribution >= 0.6 is 11.8 Å². The largest absolute Gasteiger partial charge is 0.395 e. The number of nitrogens with one attached hydrogen (secondary N) is 1. The second-order valence-electron chi connectivity index (χ2n) is 6.04. The molecule has 2 unspecified atom stereocenters. The van der Waals surface area contributed by atoms with Crippen molar-refractivity contribution in [1.29, 1.82) is 0 Å². The Bertz CT molecular complexity index is 369. The highest BCUT2D eigenvalue weighted by molar-refractivity contribution is 7.99. The van der Waals surface area contributed by atoms with Crippen LogP contribution in [0, 0.1) is 0 Å². The van der Waals surface area contributed by atoms with Crippen molar-refractivity contribution in [3.8, 4) is 0 Å². The third-order valence-corrected chi connectivity index (χ3v) is 4.58. The monoisotopic (exact) mass is 281 g/mol. The molecule has 0 bridgehead atoms. The molecule has 0 fully saturated rings. The van der Waals surface area contributed by atoms with Gasteiger partial charge >= 0.3 is 0 Å². The van der Waals surface area contributed by atoms with Gasteiger partial charge in [-0.15, -0.1) is 0 Å². The van der Waals surface area contributed by atoms with Crippen molar-refractivity contribution in [2.75, 3.05) is 19.4 Å². The summed E-state index contributed by atoms with van der Waals surface area (Å²) in [4.78, 5) is 0. The second kappa shape index (κ2) is 7.32. The number of aliphatic hydroxyl groups is 1. The first-order chi connectivity index (χ1) is 8.88. The van der Waals surface area contributed by atoms with Gasteiger partial charge in [-0.25, -0.2) is 0 Å².